The molecule has 0 fully saturated rings. The van der Waals surface area contributed by atoms with E-state index in [1.54, 1.807) is 0 Å². The van der Waals surface area contributed by atoms with Crippen LogP contribution < -0.4 is 4.90 Å². The van der Waals surface area contributed by atoms with Gasteiger partial charge in [0, 0.05) is 28.0 Å². The number of furan rings is 1. The maximum absolute atomic E-state index is 6.49. The van der Waals surface area contributed by atoms with Crippen molar-refractivity contribution in [3.05, 3.63) is 261 Å². The Kier molecular flexibility index (Phi) is 9.89. The Morgan fingerprint density at radius 2 is 0.682 bits per heavy atom. The monoisotopic (exact) mass is 841 g/mol. The molecule has 1 heterocycles. The van der Waals surface area contributed by atoms with E-state index in [1.807, 2.05) is 12.1 Å². The maximum atomic E-state index is 6.49. The van der Waals surface area contributed by atoms with Crippen molar-refractivity contribution in [2.24, 2.45) is 0 Å². The van der Waals surface area contributed by atoms with Crippen molar-refractivity contribution in [3.8, 4) is 67.0 Å². The highest BCUT2D eigenvalue weighted by atomic mass is 16.3. The fourth-order valence-corrected chi connectivity index (χ4v) is 9.64. The third kappa shape index (κ3) is 7.21. The summed E-state index contributed by atoms with van der Waals surface area (Å²) >= 11 is 0. The molecule has 0 saturated heterocycles. The van der Waals surface area contributed by atoms with Crippen LogP contribution in [0.15, 0.2) is 265 Å². The van der Waals surface area contributed by atoms with Gasteiger partial charge in [-0.05, 0) is 138 Å². The highest BCUT2D eigenvalue weighted by Crippen LogP contribution is 2.42. The average Bonchev–Trinajstić information content (AvgIpc) is 3.84. The van der Waals surface area contributed by atoms with Crippen molar-refractivity contribution in [1.82, 2.24) is 0 Å². The van der Waals surface area contributed by atoms with Gasteiger partial charge in [-0.25, -0.2) is 0 Å². The summed E-state index contributed by atoms with van der Waals surface area (Å²) in [6.45, 7) is 0. The van der Waals surface area contributed by atoms with Gasteiger partial charge >= 0.3 is 0 Å². The molecule has 12 aromatic rings. The smallest absolute Gasteiger partial charge is 0.136 e. The van der Waals surface area contributed by atoms with Crippen molar-refractivity contribution >= 4 is 49.6 Å². The summed E-state index contributed by atoms with van der Waals surface area (Å²) in [4.78, 5) is 2.36. The quantitative estimate of drug-likeness (QED) is 0.135. The van der Waals surface area contributed by atoms with E-state index >= 15 is 0 Å². The Hall–Kier alpha value is -8.72. The van der Waals surface area contributed by atoms with E-state index in [9.17, 15) is 0 Å². The van der Waals surface area contributed by atoms with Crippen LogP contribution in [0.5, 0.6) is 0 Å². The fourth-order valence-electron chi connectivity index (χ4n) is 9.64. The third-order valence-corrected chi connectivity index (χ3v) is 12.9. The molecule has 12 rings (SSSR count). The lowest BCUT2D eigenvalue weighted by Gasteiger charge is -2.26. The molecule has 0 spiro atoms. The standard InChI is InChI=1S/C64H43NO/c1-3-15-45(16-4-1)55-21-10-11-22-56(55)47-29-36-53(37-30-47)65(54-38-31-48(32-39-54)61-42-50-19-7-9-23-57(50)59-24-12-13-25-60(59)61)52-34-27-44(28-35-52)49-33-40-58(46-17-5-2-6-18-46)62(41-49)64-43-51-20-8-14-26-63(51)66-64/h1-43H. The summed E-state index contributed by atoms with van der Waals surface area (Å²) < 4.78 is 6.49. The normalized spacial score (nSPS) is 11.3. The summed E-state index contributed by atoms with van der Waals surface area (Å²) in [5.74, 6) is 0.856. The molecule has 2 heteroatoms. The van der Waals surface area contributed by atoms with Crippen molar-refractivity contribution < 1.29 is 4.42 Å². The van der Waals surface area contributed by atoms with Crippen LogP contribution in [0.3, 0.4) is 0 Å². The van der Waals surface area contributed by atoms with Crippen molar-refractivity contribution in [1.29, 1.82) is 0 Å². The first-order valence-electron chi connectivity index (χ1n) is 22.6. The van der Waals surface area contributed by atoms with Crippen LogP contribution in [0.25, 0.3) is 99.5 Å². The number of hydrogen-bond acceptors (Lipinski definition) is 2. The zero-order valence-corrected chi connectivity index (χ0v) is 36.2. The number of nitrogens with zero attached hydrogens (tertiary/aromatic N) is 1. The molecule has 0 atom stereocenters. The lowest BCUT2D eigenvalue weighted by atomic mass is 9.93. The van der Waals surface area contributed by atoms with Gasteiger partial charge in [0.15, 0.2) is 0 Å². The van der Waals surface area contributed by atoms with Gasteiger partial charge < -0.3 is 9.32 Å². The van der Waals surface area contributed by atoms with Crippen molar-refractivity contribution in [2.45, 2.75) is 0 Å². The first-order chi connectivity index (χ1) is 32.7. The first-order valence-corrected chi connectivity index (χ1v) is 22.6. The maximum Gasteiger partial charge on any atom is 0.136 e. The molecule has 0 radical (unpaired) electrons. The van der Waals surface area contributed by atoms with Gasteiger partial charge in [0.1, 0.15) is 11.3 Å². The van der Waals surface area contributed by atoms with Gasteiger partial charge in [-0.15, -0.1) is 0 Å². The van der Waals surface area contributed by atoms with E-state index in [-0.39, 0.29) is 0 Å². The highest BCUT2D eigenvalue weighted by Gasteiger charge is 2.18. The van der Waals surface area contributed by atoms with Crippen LogP contribution in [-0.2, 0) is 0 Å². The molecule has 0 bridgehead atoms. The molecule has 11 aromatic carbocycles. The molecule has 0 aliphatic carbocycles. The zero-order chi connectivity index (χ0) is 43.8. The second-order valence-electron chi connectivity index (χ2n) is 16.9. The van der Waals surface area contributed by atoms with Crippen LogP contribution >= 0.6 is 0 Å². The van der Waals surface area contributed by atoms with Gasteiger partial charge in [-0.1, -0.05) is 200 Å². The molecule has 0 amide bonds. The minimum Gasteiger partial charge on any atom is -0.456 e. The molecule has 66 heavy (non-hydrogen) atoms. The second kappa shape index (κ2) is 16.8. The Balaban J connectivity index is 0.945. The van der Waals surface area contributed by atoms with Gasteiger partial charge in [0.25, 0.3) is 0 Å². The third-order valence-electron chi connectivity index (χ3n) is 12.9. The number of rotatable bonds is 9. The van der Waals surface area contributed by atoms with Crippen LogP contribution in [0.4, 0.5) is 17.1 Å². The molecule has 310 valence electrons. The number of hydrogen-bond donors (Lipinski definition) is 0. The zero-order valence-electron chi connectivity index (χ0n) is 36.2. The van der Waals surface area contributed by atoms with E-state index in [1.165, 1.54) is 54.9 Å². The van der Waals surface area contributed by atoms with E-state index in [0.717, 1.165) is 61.6 Å². The summed E-state index contributed by atoms with van der Waals surface area (Å²) in [5.41, 5.74) is 16.9. The molecule has 0 aliphatic rings. The molecule has 0 unspecified atom stereocenters. The topological polar surface area (TPSA) is 16.4 Å². The number of benzene rings is 11. The van der Waals surface area contributed by atoms with Crippen LogP contribution in [0.2, 0.25) is 0 Å². The minimum absolute atomic E-state index is 0.856. The second-order valence-corrected chi connectivity index (χ2v) is 16.9. The average molecular weight is 842 g/mol. The lowest BCUT2D eigenvalue weighted by Crippen LogP contribution is -2.09. The van der Waals surface area contributed by atoms with E-state index in [4.69, 9.17) is 4.42 Å². The minimum atomic E-state index is 0.856. The van der Waals surface area contributed by atoms with Gasteiger partial charge in [0.05, 0.1) is 0 Å². The molecular formula is C64H43NO. The fraction of sp³-hybridized carbons (Fsp3) is 0. The summed E-state index contributed by atoms with van der Waals surface area (Å²) in [6.07, 6.45) is 0. The molecular weight excluding hydrogens is 799 g/mol. The predicted octanol–water partition coefficient (Wildman–Crippen LogP) is 18.2. The SMILES string of the molecule is c1ccc(-c2ccccc2-c2ccc(N(c3ccc(-c4ccc(-c5ccccc5)c(-c5cc6ccccc6o5)c4)cc3)c3ccc(-c4cc5ccccc5c5ccccc45)cc3)cc2)cc1. The summed E-state index contributed by atoms with van der Waals surface area (Å²) in [6, 6.07) is 93.7. The summed E-state index contributed by atoms with van der Waals surface area (Å²) in [5, 5.41) is 6.13. The first kappa shape index (κ1) is 38.9. The Morgan fingerprint density at radius 3 is 1.29 bits per heavy atom. The van der Waals surface area contributed by atoms with Gasteiger partial charge in [0.2, 0.25) is 0 Å². The molecule has 1 aromatic heterocycles. The Bertz CT molecular complexity index is 3630. The summed E-state index contributed by atoms with van der Waals surface area (Å²) in [7, 11) is 0. The van der Waals surface area contributed by atoms with E-state index < -0.39 is 0 Å². The van der Waals surface area contributed by atoms with E-state index in [2.05, 4.69) is 254 Å². The van der Waals surface area contributed by atoms with E-state index in [0.29, 0.717) is 0 Å². The Morgan fingerprint density at radius 1 is 0.242 bits per heavy atom. The molecule has 0 saturated carbocycles. The van der Waals surface area contributed by atoms with Crippen LogP contribution in [-0.4, -0.2) is 0 Å². The van der Waals surface area contributed by atoms with Crippen LogP contribution in [0.1, 0.15) is 0 Å². The number of para-hydroxylation sites is 1. The lowest BCUT2D eigenvalue weighted by molar-refractivity contribution is 0.632. The van der Waals surface area contributed by atoms with Gasteiger partial charge in [-0.3, -0.25) is 0 Å². The molecule has 0 aliphatic heterocycles. The van der Waals surface area contributed by atoms with Crippen molar-refractivity contribution in [2.75, 3.05) is 4.90 Å². The molecule has 2 nitrogen and oxygen atoms in total. The molecule has 0 N–H and O–H groups in total. The highest BCUT2D eigenvalue weighted by molar-refractivity contribution is 6.13. The Labute approximate surface area is 384 Å². The predicted molar refractivity (Wildman–Crippen MR) is 279 cm³/mol. The number of fused-ring (bicyclic) bond motifs is 4. The number of anilines is 3. The van der Waals surface area contributed by atoms with Crippen molar-refractivity contribution in [3.63, 3.8) is 0 Å². The van der Waals surface area contributed by atoms with Gasteiger partial charge in [-0.2, -0.15) is 0 Å². The largest absolute Gasteiger partial charge is 0.456 e. The van der Waals surface area contributed by atoms with Crippen LogP contribution in [0, 0.1) is 0 Å².